The summed E-state index contributed by atoms with van der Waals surface area (Å²) in [6.45, 7) is 6.23. The molecular weight excluding hydrogens is 360 g/mol. The lowest BCUT2D eigenvalue weighted by atomic mass is 10.1. The van der Waals surface area contributed by atoms with Crippen LogP contribution in [-0.4, -0.2) is 45.8 Å². The van der Waals surface area contributed by atoms with E-state index >= 15 is 0 Å². The zero-order valence-electron chi connectivity index (χ0n) is 16.4. The van der Waals surface area contributed by atoms with Crippen LogP contribution in [0.2, 0.25) is 0 Å². The summed E-state index contributed by atoms with van der Waals surface area (Å²) in [5, 5.41) is 18.9. The number of rotatable bonds is 9. The van der Waals surface area contributed by atoms with Gasteiger partial charge in [0.15, 0.2) is 0 Å². The highest BCUT2D eigenvalue weighted by molar-refractivity contribution is 5.94. The molecule has 0 saturated carbocycles. The Labute approximate surface area is 163 Å². The van der Waals surface area contributed by atoms with Gasteiger partial charge in [0.2, 0.25) is 5.91 Å². The van der Waals surface area contributed by atoms with Gasteiger partial charge in [-0.05, 0) is 56.5 Å². The number of hydrogen-bond acceptors (Lipinski definition) is 4. The minimum absolute atomic E-state index is 0.0639. The van der Waals surface area contributed by atoms with Crippen molar-refractivity contribution in [2.45, 2.75) is 40.0 Å². The van der Waals surface area contributed by atoms with Gasteiger partial charge in [0.05, 0.1) is 11.4 Å². The molecule has 1 aromatic heterocycles. The predicted octanol–water partition coefficient (Wildman–Crippen LogP) is 1.76. The lowest BCUT2D eigenvalue weighted by molar-refractivity contribution is -0.137. The summed E-state index contributed by atoms with van der Waals surface area (Å²) < 4.78 is 1.77. The first-order valence-corrected chi connectivity index (χ1v) is 9.19. The summed E-state index contributed by atoms with van der Waals surface area (Å²) in [5.41, 5.74) is 3.98. The van der Waals surface area contributed by atoms with Crippen LogP contribution in [0.3, 0.4) is 0 Å². The zero-order chi connectivity index (χ0) is 20.7. The van der Waals surface area contributed by atoms with Gasteiger partial charge in [0.1, 0.15) is 0 Å². The van der Waals surface area contributed by atoms with Crippen LogP contribution in [0, 0.1) is 13.8 Å². The maximum absolute atomic E-state index is 12.2. The molecule has 2 amide bonds. The Balaban J connectivity index is 2.00. The molecule has 0 aliphatic carbocycles. The lowest BCUT2D eigenvalue weighted by Crippen LogP contribution is -2.28. The van der Waals surface area contributed by atoms with Gasteiger partial charge in [0, 0.05) is 37.7 Å². The first-order chi connectivity index (χ1) is 13.3. The lowest BCUT2D eigenvalue weighted by Gasteiger charge is -2.08. The van der Waals surface area contributed by atoms with E-state index in [4.69, 9.17) is 5.11 Å². The number of carbonyl (C=O) groups is 3. The topological polar surface area (TPSA) is 113 Å². The van der Waals surface area contributed by atoms with Gasteiger partial charge in [0.25, 0.3) is 5.91 Å². The number of nitrogens with one attached hydrogen (secondary N) is 2. The molecule has 0 bridgehead atoms. The summed E-state index contributed by atoms with van der Waals surface area (Å²) in [7, 11) is 0. The fourth-order valence-corrected chi connectivity index (χ4v) is 2.93. The number of amides is 2. The number of nitrogens with zero attached hydrogens (tertiary/aromatic N) is 2. The average molecular weight is 386 g/mol. The first-order valence-electron chi connectivity index (χ1n) is 9.19. The van der Waals surface area contributed by atoms with Crippen molar-refractivity contribution in [2.75, 3.05) is 13.1 Å². The van der Waals surface area contributed by atoms with Gasteiger partial charge in [-0.25, -0.2) is 4.68 Å². The van der Waals surface area contributed by atoms with E-state index in [1.54, 1.807) is 16.8 Å². The van der Waals surface area contributed by atoms with Crippen LogP contribution >= 0.6 is 0 Å². The standard InChI is InChI=1S/C20H26N4O4/c1-13-18(9-10-19(26)27)14(2)24(23-13)17-7-5-16(6-8-17)20(28)22-12-4-11-21-15(3)25/h5-8H,4,9-12H2,1-3H3,(H,21,25)(H,22,28)(H,26,27). The fraction of sp³-hybridized carbons (Fsp3) is 0.400. The minimum atomic E-state index is -0.834. The molecule has 0 aliphatic heterocycles. The smallest absolute Gasteiger partial charge is 0.303 e. The SMILES string of the molecule is CC(=O)NCCCNC(=O)c1ccc(-n2nc(C)c(CCC(=O)O)c2C)cc1. The number of carboxylic acid groups (broad SMARTS) is 1. The van der Waals surface area contributed by atoms with Crippen LogP contribution < -0.4 is 10.6 Å². The summed E-state index contributed by atoms with van der Waals surface area (Å²) in [6.07, 6.45) is 1.16. The molecule has 3 N–H and O–H groups in total. The summed E-state index contributed by atoms with van der Waals surface area (Å²) >= 11 is 0. The Morgan fingerprint density at radius 1 is 1.07 bits per heavy atom. The van der Waals surface area contributed by atoms with Crippen molar-refractivity contribution < 1.29 is 19.5 Å². The van der Waals surface area contributed by atoms with Gasteiger partial charge in [-0.15, -0.1) is 0 Å². The molecular formula is C20H26N4O4. The molecule has 0 aliphatic rings. The van der Waals surface area contributed by atoms with E-state index < -0.39 is 5.97 Å². The number of aromatic nitrogens is 2. The van der Waals surface area contributed by atoms with E-state index in [2.05, 4.69) is 15.7 Å². The van der Waals surface area contributed by atoms with Crippen LogP contribution in [0.4, 0.5) is 0 Å². The van der Waals surface area contributed by atoms with E-state index in [0.29, 0.717) is 31.5 Å². The van der Waals surface area contributed by atoms with Gasteiger partial charge >= 0.3 is 5.97 Å². The quantitative estimate of drug-likeness (QED) is 0.569. The van der Waals surface area contributed by atoms with Crippen LogP contribution in [0.5, 0.6) is 0 Å². The molecule has 0 atom stereocenters. The molecule has 0 saturated heterocycles. The summed E-state index contributed by atoms with van der Waals surface area (Å²) in [6, 6.07) is 7.08. The number of aryl methyl sites for hydroxylation is 1. The van der Waals surface area contributed by atoms with Gasteiger partial charge in [-0.2, -0.15) is 5.10 Å². The van der Waals surface area contributed by atoms with Crippen LogP contribution in [-0.2, 0) is 16.0 Å². The number of aliphatic carboxylic acids is 1. The number of benzene rings is 1. The highest BCUT2D eigenvalue weighted by Gasteiger charge is 2.14. The monoisotopic (exact) mass is 386 g/mol. The molecule has 0 unspecified atom stereocenters. The van der Waals surface area contributed by atoms with Crippen LogP contribution in [0.15, 0.2) is 24.3 Å². The third kappa shape index (κ3) is 5.67. The molecule has 0 fully saturated rings. The third-order valence-electron chi connectivity index (χ3n) is 4.42. The molecule has 28 heavy (non-hydrogen) atoms. The van der Waals surface area contributed by atoms with E-state index in [1.807, 2.05) is 26.0 Å². The summed E-state index contributed by atoms with van der Waals surface area (Å²) in [5.74, 6) is -1.10. The molecule has 0 spiro atoms. The Morgan fingerprint density at radius 3 is 2.32 bits per heavy atom. The maximum atomic E-state index is 12.2. The molecule has 1 heterocycles. The van der Waals surface area contributed by atoms with Gasteiger partial charge in [-0.3, -0.25) is 14.4 Å². The van der Waals surface area contributed by atoms with Gasteiger partial charge < -0.3 is 15.7 Å². The molecule has 0 radical (unpaired) electrons. The largest absolute Gasteiger partial charge is 0.481 e. The Hall–Kier alpha value is -3.16. The van der Waals surface area contributed by atoms with Crippen molar-refractivity contribution in [1.82, 2.24) is 20.4 Å². The number of carboxylic acids is 1. The fourth-order valence-electron chi connectivity index (χ4n) is 2.93. The molecule has 150 valence electrons. The maximum Gasteiger partial charge on any atom is 0.303 e. The van der Waals surface area contributed by atoms with E-state index in [1.165, 1.54) is 6.92 Å². The molecule has 8 nitrogen and oxygen atoms in total. The molecule has 2 aromatic rings. The Morgan fingerprint density at radius 2 is 1.71 bits per heavy atom. The minimum Gasteiger partial charge on any atom is -0.481 e. The predicted molar refractivity (Wildman–Crippen MR) is 105 cm³/mol. The number of carbonyl (C=O) groups excluding carboxylic acids is 2. The second-order valence-electron chi connectivity index (χ2n) is 6.59. The van der Waals surface area contributed by atoms with Gasteiger partial charge in [-0.1, -0.05) is 0 Å². The van der Waals surface area contributed by atoms with Crippen molar-refractivity contribution in [2.24, 2.45) is 0 Å². The van der Waals surface area contributed by atoms with Crippen LogP contribution in [0.25, 0.3) is 5.69 Å². The third-order valence-corrected chi connectivity index (χ3v) is 4.42. The second kappa shape index (κ2) is 9.68. The average Bonchev–Trinajstić information content (AvgIpc) is 2.93. The Kier molecular flexibility index (Phi) is 7.31. The first kappa shape index (κ1) is 21.1. The van der Waals surface area contributed by atoms with Crippen molar-refractivity contribution in [1.29, 1.82) is 0 Å². The number of hydrogen-bond donors (Lipinski definition) is 3. The zero-order valence-corrected chi connectivity index (χ0v) is 16.4. The highest BCUT2D eigenvalue weighted by Crippen LogP contribution is 2.19. The second-order valence-corrected chi connectivity index (χ2v) is 6.59. The molecule has 1 aromatic carbocycles. The van der Waals surface area contributed by atoms with E-state index in [0.717, 1.165) is 22.6 Å². The van der Waals surface area contributed by atoms with E-state index in [9.17, 15) is 14.4 Å². The van der Waals surface area contributed by atoms with Crippen molar-refractivity contribution in [3.05, 3.63) is 46.8 Å². The molecule has 8 heteroatoms. The molecule has 2 rings (SSSR count). The van der Waals surface area contributed by atoms with E-state index in [-0.39, 0.29) is 18.2 Å². The van der Waals surface area contributed by atoms with Crippen LogP contribution in [0.1, 0.15) is 47.1 Å². The van der Waals surface area contributed by atoms with Crippen molar-refractivity contribution >= 4 is 17.8 Å². The van der Waals surface area contributed by atoms with Crippen molar-refractivity contribution in [3.63, 3.8) is 0 Å². The normalized spacial score (nSPS) is 10.5. The summed E-state index contributed by atoms with van der Waals surface area (Å²) in [4.78, 5) is 33.8. The van der Waals surface area contributed by atoms with Crippen molar-refractivity contribution in [3.8, 4) is 5.69 Å². The highest BCUT2D eigenvalue weighted by atomic mass is 16.4. The Bertz CT molecular complexity index is 856.